The Morgan fingerprint density at radius 2 is 2.10 bits per heavy atom. The van der Waals surface area contributed by atoms with Crippen molar-refractivity contribution in [3.8, 4) is 0 Å². The SMILES string of the molecule is CCOC(C)(CN)COC. The van der Waals surface area contributed by atoms with Crippen molar-refractivity contribution >= 4 is 0 Å². The molecule has 1 atom stereocenters. The van der Waals surface area contributed by atoms with Crippen molar-refractivity contribution < 1.29 is 9.47 Å². The van der Waals surface area contributed by atoms with Crippen LogP contribution in [0.25, 0.3) is 0 Å². The van der Waals surface area contributed by atoms with Crippen molar-refractivity contribution in [1.29, 1.82) is 0 Å². The third-order valence-electron chi connectivity index (χ3n) is 1.37. The second-order valence-electron chi connectivity index (χ2n) is 2.52. The first-order valence-electron chi connectivity index (χ1n) is 3.51. The van der Waals surface area contributed by atoms with Crippen LogP contribution in [0.1, 0.15) is 13.8 Å². The lowest BCUT2D eigenvalue weighted by Crippen LogP contribution is -2.41. The van der Waals surface area contributed by atoms with Gasteiger partial charge in [0.1, 0.15) is 5.60 Å². The Bertz CT molecular complexity index is 79.7. The van der Waals surface area contributed by atoms with Gasteiger partial charge < -0.3 is 15.2 Å². The quantitative estimate of drug-likeness (QED) is 0.611. The molecule has 3 nitrogen and oxygen atoms in total. The fourth-order valence-electron chi connectivity index (χ4n) is 0.813. The van der Waals surface area contributed by atoms with Crippen LogP contribution < -0.4 is 5.73 Å². The molecule has 1 unspecified atom stereocenters. The van der Waals surface area contributed by atoms with E-state index in [4.69, 9.17) is 15.2 Å². The third-order valence-corrected chi connectivity index (χ3v) is 1.37. The molecule has 0 heterocycles. The van der Waals surface area contributed by atoms with Gasteiger partial charge in [-0.1, -0.05) is 0 Å². The molecule has 0 aromatic carbocycles. The summed E-state index contributed by atoms with van der Waals surface area (Å²) in [6.45, 7) is 5.62. The Morgan fingerprint density at radius 3 is 2.40 bits per heavy atom. The van der Waals surface area contributed by atoms with Crippen molar-refractivity contribution in [2.24, 2.45) is 5.73 Å². The fourth-order valence-corrected chi connectivity index (χ4v) is 0.813. The highest BCUT2D eigenvalue weighted by atomic mass is 16.5. The van der Waals surface area contributed by atoms with E-state index in [-0.39, 0.29) is 5.60 Å². The van der Waals surface area contributed by atoms with E-state index in [0.717, 1.165) is 0 Å². The van der Waals surface area contributed by atoms with Crippen molar-refractivity contribution in [2.75, 3.05) is 26.9 Å². The van der Waals surface area contributed by atoms with Gasteiger partial charge in [-0.2, -0.15) is 0 Å². The number of hydrogen-bond donors (Lipinski definition) is 1. The standard InChI is InChI=1S/C7H17NO2/c1-4-10-7(2,5-8)6-9-3/h4-6,8H2,1-3H3. The summed E-state index contributed by atoms with van der Waals surface area (Å²) >= 11 is 0. The van der Waals surface area contributed by atoms with E-state index in [9.17, 15) is 0 Å². The second-order valence-corrected chi connectivity index (χ2v) is 2.52. The van der Waals surface area contributed by atoms with Gasteiger partial charge >= 0.3 is 0 Å². The molecule has 0 bridgehead atoms. The zero-order valence-electron chi connectivity index (χ0n) is 7.02. The molecular formula is C7H17NO2. The zero-order chi connectivity index (χ0) is 8.04. The maximum Gasteiger partial charge on any atom is 0.101 e. The summed E-state index contributed by atoms with van der Waals surface area (Å²) in [7, 11) is 1.65. The topological polar surface area (TPSA) is 44.5 Å². The van der Waals surface area contributed by atoms with Gasteiger partial charge in [-0.15, -0.1) is 0 Å². The van der Waals surface area contributed by atoms with Gasteiger partial charge in [0, 0.05) is 20.3 Å². The molecule has 0 aliphatic carbocycles. The molecule has 0 saturated carbocycles. The van der Waals surface area contributed by atoms with Gasteiger partial charge in [0.15, 0.2) is 0 Å². The number of nitrogens with two attached hydrogens (primary N) is 1. The average Bonchev–Trinajstić information content (AvgIpc) is 1.89. The molecule has 0 saturated heterocycles. The molecule has 0 amide bonds. The van der Waals surface area contributed by atoms with E-state index in [1.54, 1.807) is 7.11 Å². The largest absolute Gasteiger partial charge is 0.382 e. The number of hydrogen-bond acceptors (Lipinski definition) is 3. The first-order chi connectivity index (χ1) is 4.68. The van der Waals surface area contributed by atoms with Crippen LogP contribution in [-0.2, 0) is 9.47 Å². The Morgan fingerprint density at radius 1 is 1.50 bits per heavy atom. The van der Waals surface area contributed by atoms with Gasteiger partial charge in [-0.05, 0) is 13.8 Å². The molecule has 0 aliphatic heterocycles. The minimum Gasteiger partial charge on any atom is -0.382 e. The van der Waals surface area contributed by atoms with E-state index in [1.165, 1.54) is 0 Å². The van der Waals surface area contributed by atoms with E-state index < -0.39 is 0 Å². The summed E-state index contributed by atoms with van der Waals surface area (Å²) < 4.78 is 10.3. The summed E-state index contributed by atoms with van der Waals surface area (Å²) in [6.07, 6.45) is 0. The molecule has 0 radical (unpaired) electrons. The first-order valence-corrected chi connectivity index (χ1v) is 3.51. The molecule has 0 rings (SSSR count). The Labute approximate surface area is 62.5 Å². The zero-order valence-corrected chi connectivity index (χ0v) is 7.02. The van der Waals surface area contributed by atoms with Crippen molar-refractivity contribution in [3.63, 3.8) is 0 Å². The summed E-state index contributed by atoms with van der Waals surface area (Å²) in [6, 6.07) is 0. The molecule has 10 heavy (non-hydrogen) atoms. The lowest BCUT2D eigenvalue weighted by Gasteiger charge is -2.26. The van der Waals surface area contributed by atoms with Crippen molar-refractivity contribution in [1.82, 2.24) is 0 Å². The van der Waals surface area contributed by atoms with E-state index in [2.05, 4.69) is 0 Å². The molecule has 62 valence electrons. The molecule has 2 N–H and O–H groups in total. The number of ether oxygens (including phenoxy) is 2. The van der Waals surface area contributed by atoms with E-state index in [0.29, 0.717) is 19.8 Å². The molecular weight excluding hydrogens is 130 g/mol. The highest BCUT2D eigenvalue weighted by molar-refractivity contribution is 4.74. The monoisotopic (exact) mass is 147 g/mol. The predicted octanol–water partition coefficient (Wildman–Crippen LogP) is 0.387. The van der Waals surface area contributed by atoms with Crippen LogP contribution in [0.15, 0.2) is 0 Å². The first kappa shape index (κ1) is 9.88. The lowest BCUT2D eigenvalue weighted by atomic mass is 10.1. The highest BCUT2D eigenvalue weighted by Gasteiger charge is 2.21. The smallest absolute Gasteiger partial charge is 0.101 e. The maximum atomic E-state index is 5.47. The maximum absolute atomic E-state index is 5.47. The molecule has 0 spiro atoms. The molecule has 0 aromatic heterocycles. The van der Waals surface area contributed by atoms with Crippen LogP contribution >= 0.6 is 0 Å². The van der Waals surface area contributed by atoms with Gasteiger partial charge in [0.25, 0.3) is 0 Å². The minimum absolute atomic E-state index is 0.302. The van der Waals surface area contributed by atoms with Crippen LogP contribution in [0.4, 0.5) is 0 Å². The molecule has 0 aromatic rings. The van der Waals surface area contributed by atoms with E-state index in [1.807, 2.05) is 13.8 Å². The van der Waals surface area contributed by atoms with Gasteiger partial charge in [0.2, 0.25) is 0 Å². The minimum atomic E-state index is -0.302. The Balaban J connectivity index is 3.69. The van der Waals surface area contributed by atoms with Crippen LogP contribution in [-0.4, -0.2) is 32.5 Å². The van der Waals surface area contributed by atoms with Gasteiger partial charge in [-0.25, -0.2) is 0 Å². The molecule has 3 heteroatoms. The highest BCUT2D eigenvalue weighted by Crippen LogP contribution is 2.07. The van der Waals surface area contributed by atoms with Crippen molar-refractivity contribution in [3.05, 3.63) is 0 Å². The second kappa shape index (κ2) is 4.66. The number of rotatable bonds is 5. The van der Waals surface area contributed by atoms with Gasteiger partial charge in [-0.3, -0.25) is 0 Å². The summed E-state index contributed by atoms with van der Waals surface area (Å²) in [5.41, 5.74) is 5.17. The Hall–Kier alpha value is -0.120. The van der Waals surface area contributed by atoms with E-state index >= 15 is 0 Å². The van der Waals surface area contributed by atoms with Crippen LogP contribution in [0.2, 0.25) is 0 Å². The molecule has 0 aliphatic rings. The normalized spacial score (nSPS) is 16.8. The van der Waals surface area contributed by atoms with Crippen LogP contribution in [0.5, 0.6) is 0 Å². The Kier molecular flexibility index (Phi) is 4.60. The average molecular weight is 147 g/mol. The molecule has 0 fully saturated rings. The van der Waals surface area contributed by atoms with Crippen molar-refractivity contribution in [2.45, 2.75) is 19.4 Å². The van der Waals surface area contributed by atoms with Crippen LogP contribution in [0.3, 0.4) is 0 Å². The predicted molar refractivity (Wildman–Crippen MR) is 41.0 cm³/mol. The van der Waals surface area contributed by atoms with Gasteiger partial charge in [0.05, 0.1) is 6.61 Å². The fraction of sp³-hybridized carbons (Fsp3) is 1.00. The summed E-state index contributed by atoms with van der Waals surface area (Å²) in [5, 5.41) is 0. The summed E-state index contributed by atoms with van der Waals surface area (Å²) in [5.74, 6) is 0. The summed E-state index contributed by atoms with van der Waals surface area (Å²) in [4.78, 5) is 0. The lowest BCUT2D eigenvalue weighted by molar-refractivity contribution is -0.0656. The van der Waals surface area contributed by atoms with Crippen LogP contribution in [0, 0.1) is 0 Å². The number of methoxy groups -OCH3 is 1. The third kappa shape index (κ3) is 3.15.